The van der Waals surface area contributed by atoms with Gasteiger partial charge < -0.3 is 5.73 Å². The monoisotopic (exact) mass is 337 g/mol. The van der Waals surface area contributed by atoms with Gasteiger partial charge in [-0.1, -0.05) is 15.9 Å². The summed E-state index contributed by atoms with van der Waals surface area (Å²) in [5.41, 5.74) is 7.83. The summed E-state index contributed by atoms with van der Waals surface area (Å²) in [5.74, 6) is 1.61. The van der Waals surface area contributed by atoms with Crippen molar-refractivity contribution in [3.8, 4) is 0 Å². The first kappa shape index (κ1) is 14.5. The molecular weight excluding hydrogens is 322 g/mol. The minimum absolute atomic E-state index is 0.0202. The first-order valence-corrected chi connectivity index (χ1v) is 7.80. The Labute approximate surface area is 126 Å². The highest BCUT2D eigenvalue weighted by Crippen LogP contribution is 2.23. The minimum Gasteiger partial charge on any atom is -0.324 e. The van der Waals surface area contributed by atoms with Crippen LogP contribution in [-0.2, 0) is 5.75 Å². The van der Waals surface area contributed by atoms with Crippen LogP contribution in [0.25, 0.3) is 0 Å². The molecule has 1 atom stereocenters. The summed E-state index contributed by atoms with van der Waals surface area (Å²) < 4.78 is 1.09. The van der Waals surface area contributed by atoms with E-state index in [1.165, 1.54) is 4.90 Å². The topological polar surface area (TPSA) is 51.8 Å². The highest BCUT2D eigenvalue weighted by molar-refractivity contribution is 9.10. The van der Waals surface area contributed by atoms with Crippen molar-refractivity contribution in [1.82, 2.24) is 9.97 Å². The van der Waals surface area contributed by atoms with Crippen molar-refractivity contribution in [3.63, 3.8) is 0 Å². The first-order chi connectivity index (χ1) is 9.06. The molecule has 0 unspecified atom stereocenters. The minimum atomic E-state index is -0.0202. The zero-order valence-electron chi connectivity index (χ0n) is 10.9. The predicted molar refractivity (Wildman–Crippen MR) is 83.1 cm³/mol. The van der Waals surface area contributed by atoms with E-state index in [9.17, 15) is 0 Å². The van der Waals surface area contributed by atoms with Gasteiger partial charge in [0.1, 0.15) is 5.82 Å². The average molecular weight is 338 g/mol. The lowest BCUT2D eigenvalue weighted by molar-refractivity contribution is 0.781. The fourth-order valence-corrected chi connectivity index (χ4v) is 2.75. The lowest BCUT2D eigenvalue weighted by atomic mass is 10.1. The van der Waals surface area contributed by atoms with E-state index in [1.54, 1.807) is 11.8 Å². The Kier molecular flexibility index (Phi) is 4.96. The van der Waals surface area contributed by atoms with Crippen LogP contribution in [-0.4, -0.2) is 9.97 Å². The highest BCUT2D eigenvalue weighted by Gasteiger charge is 2.07. The van der Waals surface area contributed by atoms with Gasteiger partial charge in [0.05, 0.1) is 5.75 Å². The smallest absolute Gasteiger partial charge is 0.138 e. The first-order valence-electron chi connectivity index (χ1n) is 6.02. The second-order valence-corrected chi connectivity index (χ2v) is 6.32. The van der Waals surface area contributed by atoms with Gasteiger partial charge in [-0.15, -0.1) is 11.8 Å². The van der Waals surface area contributed by atoms with Gasteiger partial charge in [0, 0.05) is 32.9 Å². The van der Waals surface area contributed by atoms with Gasteiger partial charge in [-0.05, 0) is 38.1 Å². The number of nitrogens with zero attached hydrogens (tertiary/aromatic N) is 2. The lowest BCUT2D eigenvalue weighted by Crippen LogP contribution is -2.10. The van der Waals surface area contributed by atoms with E-state index in [0.717, 1.165) is 27.3 Å². The van der Waals surface area contributed by atoms with E-state index in [1.807, 2.05) is 32.2 Å². The van der Waals surface area contributed by atoms with Crippen molar-refractivity contribution >= 4 is 27.7 Å². The Bertz CT molecular complexity index is 555. The Morgan fingerprint density at radius 3 is 2.58 bits per heavy atom. The normalized spacial score (nSPS) is 12.4. The highest BCUT2D eigenvalue weighted by atomic mass is 79.9. The van der Waals surface area contributed by atoms with Crippen LogP contribution < -0.4 is 5.73 Å². The molecule has 0 spiro atoms. The van der Waals surface area contributed by atoms with Gasteiger partial charge in [0.2, 0.25) is 0 Å². The SMILES string of the molecule is Cc1nc(CSc2ccc(Br)cc2)ncc1[C@@H](C)N. The fourth-order valence-electron chi connectivity index (χ4n) is 1.72. The summed E-state index contributed by atoms with van der Waals surface area (Å²) in [6.07, 6.45) is 1.84. The van der Waals surface area contributed by atoms with Crippen molar-refractivity contribution in [1.29, 1.82) is 0 Å². The fraction of sp³-hybridized carbons (Fsp3) is 0.286. The number of nitrogens with two attached hydrogens (primary N) is 1. The van der Waals surface area contributed by atoms with Crippen molar-refractivity contribution in [2.24, 2.45) is 5.73 Å². The zero-order valence-corrected chi connectivity index (χ0v) is 13.3. The molecule has 0 fully saturated rings. The predicted octanol–water partition coefficient (Wildman–Crippen LogP) is 3.86. The van der Waals surface area contributed by atoms with Gasteiger partial charge in [-0.2, -0.15) is 0 Å². The van der Waals surface area contributed by atoms with Gasteiger partial charge in [-0.25, -0.2) is 9.97 Å². The van der Waals surface area contributed by atoms with Crippen LogP contribution in [0.1, 0.15) is 30.0 Å². The molecular formula is C14H16BrN3S. The Morgan fingerprint density at radius 1 is 1.32 bits per heavy atom. The van der Waals surface area contributed by atoms with Gasteiger partial charge >= 0.3 is 0 Å². The van der Waals surface area contributed by atoms with Crippen LogP contribution in [0.15, 0.2) is 39.8 Å². The van der Waals surface area contributed by atoms with Crippen molar-refractivity contribution < 1.29 is 0 Å². The third-order valence-corrected chi connectivity index (χ3v) is 4.28. The number of halogens is 1. The van der Waals surface area contributed by atoms with Crippen LogP contribution in [0.3, 0.4) is 0 Å². The Balaban J connectivity index is 2.04. The zero-order chi connectivity index (χ0) is 13.8. The molecule has 2 rings (SSSR count). The summed E-state index contributed by atoms with van der Waals surface area (Å²) in [6, 6.07) is 8.21. The number of rotatable bonds is 4. The molecule has 2 N–H and O–H groups in total. The van der Waals surface area contributed by atoms with E-state index in [0.29, 0.717) is 0 Å². The maximum absolute atomic E-state index is 5.85. The molecule has 0 saturated carbocycles. The number of aryl methyl sites for hydroxylation is 1. The summed E-state index contributed by atoms with van der Waals surface area (Å²) >= 11 is 5.15. The van der Waals surface area contributed by atoms with Crippen LogP contribution in [0.5, 0.6) is 0 Å². The van der Waals surface area contributed by atoms with E-state index < -0.39 is 0 Å². The second kappa shape index (κ2) is 6.50. The molecule has 0 aliphatic rings. The second-order valence-electron chi connectivity index (χ2n) is 4.36. The lowest BCUT2D eigenvalue weighted by Gasteiger charge is -2.09. The van der Waals surface area contributed by atoms with E-state index in [4.69, 9.17) is 5.73 Å². The molecule has 0 radical (unpaired) electrons. The molecule has 0 saturated heterocycles. The van der Waals surface area contributed by atoms with Crippen molar-refractivity contribution in [2.75, 3.05) is 0 Å². The number of thioether (sulfide) groups is 1. The Morgan fingerprint density at radius 2 is 2.00 bits per heavy atom. The molecule has 0 aliphatic carbocycles. The molecule has 0 aliphatic heterocycles. The Hall–Kier alpha value is -0.910. The van der Waals surface area contributed by atoms with Crippen LogP contribution in [0.2, 0.25) is 0 Å². The maximum atomic E-state index is 5.85. The number of benzene rings is 1. The van der Waals surface area contributed by atoms with Gasteiger partial charge in [-0.3, -0.25) is 0 Å². The molecule has 0 bridgehead atoms. The summed E-state index contributed by atoms with van der Waals surface area (Å²) in [4.78, 5) is 10.1. The quantitative estimate of drug-likeness (QED) is 0.860. The average Bonchev–Trinajstić information content (AvgIpc) is 2.37. The molecule has 19 heavy (non-hydrogen) atoms. The molecule has 1 heterocycles. The third-order valence-electron chi connectivity index (χ3n) is 2.74. The molecule has 100 valence electrons. The van der Waals surface area contributed by atoms with E-state index in [-0.39, 0.29) is 6.04 Å². The van der Waals surface area contributed by atoms with Crippen molar-refractivity contribution in [2.45, 2.75) is 30.5 Å². The summed E-state index contributed by atoms with van der Waals surface area (Å²) in [6.45, 7) is 3.93. The van der Waals surface area contributed by atoms with Gasteiger partial charge in [0.15, 0.2) is 0 Å². The molecule has 2 aromatic rings. The van der Waals surface area contributed by atoms with Crippen LogP contribution in [0, 0.1) is 6.92 Å². The molecule has 1 aromatic carbocycles. The molecule has 0 amide bonds. The van der Waals surface area contributed by atoms with E-state index in [2.05, 4.69) is 38.0 Å². The van der Waals surface area contributed by atoms with Crippen LogP contribution in [0.4, 0.5) is 0 Å². The number of hydrogen-bond acceptors (Lipinski definition) is 4. The van der Waals surface area contributed by atoms with E-state index >= 15 is 0 Å². The summed E-state index contributed by atoms with van der Waals surface area (Å²) in [5, 5.41) is 0. The number of aromatic nitrogens is 2. The molecule has 5 heteroatoms. The third kappa shape index (κ3) is 4.03. The largest absolute Gasteiger partial charge is 0.324 e. The van der Waals surface area contributed by atoms with Crippen LogP contribution >= 0.6 is 27.7 Å². The summed E-state index contributed by atoms with van der Waals surface area (Å²) in [7, 11) is 0. The van der Waals surface area contributed by atoms with Crippen molar-refractivity contribution in [3.05, 3.63) is 52.0 Å². The van der Waals surface area contributed by atoms with Gasteiger partial charge in [0.25, 0.3) is 0 Å². The molecule has 3 nitrogen and oxygen atoms in total. The maximum Gasteiger partial charge on any atom is 0.138 e. The number of hydrogen-bond donors (Lipinski definition) is 1. The standard InChI is InChI=1S/C14H16BrN3S/c1-9(16)13-7-17-14(18-10(13)2)8-19-12-5-3-11(15)4-6-12/h3-7,9H,8,16H2,1-2H3/t9-/m1/s1. The molecule has 1 aromatic heterocycles.